The van der Waals surface area contributed by atoms with Crippen molar-refractivity contribution in [3.05, 3.63) is 246 Å². The molecule has 8 aromatic rings. The zero-order valence-corrected chi connectivity index (χ0v) is 30.7. The van der Waals surface area contributed by atoms with Gasteiger partial charge in [-0.25, -0.2) is 0 Å². The Bertz CT molecular complexity index is 2540. The van der Waals surface area contributed by atoms with E-state index in [1.54, 1.807) is 0 Å². The van der Waals surface area contributed by atoms with Gasteiger partial charge in [0.25, 0.3) is 0 Å². The van der Waals surface area contributed by atoms with Crippen LogP contribution in [0.5, 0.6) is 0 Å². The summed E-state index contributed by atoms with van der Waals surface area (Å²) in [6.45, 7) is 4.69. The lowest BCUT2D eigenvalue weighted by molar-refractivity contribution is 0.660. The highest BCUT2D eigenvalue weighted by molar-refractivity contribution is 6.04. The van der Waals surface area contributed by atoms with Gasteiger partial charge in [0.15, 0.2) is 0 Å². The number of anilines is 3. The van der Waals surface area contributed by atoms with Crippen LogP contribution in [-0.2, 0) is 5.41 Å². The molecule has 0 amide bonds. The van der Waals surface area contributed by atoms with Gasteiger partial charge < -0.3 is 4.90 Å². The van der Waals surface area contributed by atoms with Crippen LogP contribution in [0, 0.1) is 0 Å². The first-order chi connectivity index (χ1) is 26.6. The molecule has 0 unspecified atom stereocenters. The van der Waals surface area contributed by atoms with E-state index < -0.39 is 0 Å². The summed E-state index contributed by atoms with van der Waals surface area (Å²) in [6, 6.07) is 76.9. The summed E-state index contributed by atoms with van der Waals surface area (Å²) in [6.07, 6.45) is 0. The summed E-state index contributed by atoms with van der Waals surface area (Å²) in [5.41, 5.74) is 18.3. The third-order valence-corrected chi connectivity index (χ3v) is 10.9. The predicted octanol–water partition coefficient (Wildman–Crippen LogP) is 14.1. The SMILES string of the molecule is CC1(C)c2ccccc2-c2ccc(N(c3ccccc3)c3cccc(-c4ccc(C(=C(c5ccccc5)c5ccccc5)c5ccccc5)cc4)c3)cc21. The molecular weight excluding hydrogens is 651 g/mol. The van der Waals surface area contributed by atoms with E-state index in [-0.39, 0.29) is 5.41 Å². The second-order valence-electron chi connectivity index (χ2n) is 14.5. The van der Waals surface area contributed by atoms with Crippen molar-refractivity contribution in [1.82, 2.24) is 0 Å². The molecule has 0 fully saturated rings. The first-order valence-electron chi connectivity index (χ1n) is 18.8. The number of nitrogens with zero attached hydrogens (tertiary/aromatic N) is 1. The molecule has 0 bridgehead atoms. The summed E-state index contributed by atoms with van der Waals surface area (Å²) < 4.78 is 0. The first kappa shape index (κ1) is 33.2. The highest BCUT2D eigenvalue weighted by Crippen LogP contribution is 2.50. The number of fused-ring (bicyclic) bond motifs is 3. The number of hydrogen-bond acceptors (Lipinski definition) is 1. The molecule has 1 aliphatic carbocycles. The fourth-order valence-electron chi connectivity index (χ4n) is 8.23. The summed E-state index contributed by atoms with van der Waals surface area (Å²) >= 11 is 0. The molecule has 1 heteroatoms. The number of hydrogen-bond donors (Lipinski definition) is 0. The minimum atomic E-state index is -0.0815. The summed E-state index contributed by atoms with van der Waals surface area (Å²) in [4.78, 5) is 2.39. The predicted molar refractivity (Wildman–Crippen MR) is 228 cm³/mol. The number of benzene rings is 8. The average molecular weight is 692 g/mol. The molecule has 0 N–H and O–H groups in total. The highest BCUT2D eigenvalue weighted by Gasteiger charge is 2.35. The molecule has 9 rings (SSSR count). The number of rotatable bonds is 8. The van der Waals surface area contributed by atoms with Crippen LogP contribution in [0.2, 0.25) is 0 Å². The summed E-state index contributed by atoms with van der Waals surface area (Å²) in [5, 5.41) is 0. The molecule has 54 heavy (non-hydrogen) atoms. The van der Waals surface area contributed by atoms with E-state index >= 15 is 0 Å². The maximum absolute atomic E-state index is 2.40. The zero-order valence-electron chi connectivity index (χ0n) is 30.7. The Balaban J connectivity index is 1.14. The summed E-state index contributed by atoms with van der Waals surface area (Å²) in [7, 11) is 0. The van der Waals surface area contributed by atoms with Crippen molar-refractivity contribution in [2.75, 3.05) is 4.90 Å². The molecule has 258 valence electrons. The van der Waals surface area contributed by atoms with Crippen molar-refractivity contribution >= 4 is 28.2 Å². The maximum atomic E-state index is 2.40. The van der Waals surface area contributed by atoms with Gasteiger partial charge >= 0.3 is 0 Å². The van der Waals surface area contributed by atoms with Crippen LogP contribution in [0.25, 0.3) is 33.4 Å². The molecule has 1 aliphatic rings. The minimum absolute atomic E-state index is 0.0815. The van der Waals surface area contributed by atoms with Crippen LogP contribution in [0.15, 0.2) is 212 Å². The van der Waals surface area contributed by atoms with Gasteiger partial charge in [-0.3, -0.25) is 0 Å². The molecule has 0 aromatic heterocycles. The van der Waals surface area contributed by atoms with Gasteiger partial charge in [-0.1, -0.05) is 190 Å². The lowest BCUT2D eigenvalue weighted by Gasteiger charge is -2.28. The van der Waals surface area contributed by atoms with E-state index in [2.05, 4.69) is 231 Å². The first-order valence-corrected chi connectivity index (χ1v) is 18.8. The quantitative estimate of drug-likeness (QED) is 0.143. The molecule has 8 aromatic carbocycles. The topological polar surface area (TPSA) is 3.24 Å². The lowest BCUT2D eigenvalue weighted by Crippen LogP contribution is -2.16. The average Bonchev–Trinajstić information content (AvgIpc) is 3.47. The largest absolute Gasteiger partial charge is 0.310 e. The fourth-order valence-corrected chi connectivity index (χ4v) is 8.23. The Hall–Kier alpha value is -6.70. The van der Waals surface area contributed by atoms with Crippen LogP contribution < -0.4 is 4.90 Å². The molecular formula is C53H41N. The zero-order chi connectivity index (χ0) is 36.5. The maximum Gasteiger partial charge on any atom is 0.0467 e. The molecule has 0 spiro atoms. The van der Waals surface area contributed by atoms with Crippen LogP contribution in [-0.4, -0.2) is 0 Å². The Kier molecular flexibility index (Phi) is 8.61. The molecule has 0 radical (unpaired) electrons. The minimum Gasteiger partial charge on any atom is -0.310 e. The second-order valence-corrected chi connectivity index (χ2v) is 14.5. The second kappa shape index (κ2) is 14.0. The van der Waals surface area contributed by atoms with Gasteiger partial charge in [-0.15, -0.1) is 0 Å². The van der Waals surface area contributed by atoms with Crippen LogP contribution in [0.4, 0.5) is 17.1 Å². The van der Waals surface area contributed by atoms with E-state index in [1.165, 1.54) is 66.8 Å². The van der Waals surface area contributed by atoms with Crippen molar-refractivity contribution in [1.29, 1.82) is 0 Å². The smallest absolute Gasteiger partial charge is 0.0467 e. The van der Waals surface area contributed by atoms with E-state index in [4.69, 9.17) is 0 Å². The molecule has 0 aliphatic heterocycles. The van der Waals surface area contributed by atoms with Crippen LogP contribution in [0.1, 0.15) is 47.2 Å². The third kappa shape index (κ3) is 6.04. The molecule has 1 nitrogen and oxygen atoms in total. The van der Waals surface area contributed by atoms with Gasteiger partial charge in [-0.05, 0) is 103 Å². The Morgan fingerprint density at radius 1 is 0.333 bits per heavy atom. The highest BCUT2D eigenvalue weighted by atomic mass is 15.1. The van der Waals surface area contributed by atoms with E-state index in [9.17, 15) is 0 Å². The van der Waals surface area contributed by atoms with Gasteiger partial charge in [0.1, 0.15) is 0 Å². The van der Waals surface area contributed by atoms with Crippen LogP contribution in [0.3, 0.4) is 0 Å². The van der Waals surface area contributed by atoms with E-state index in [0.29, 0.717) is 0 Å². The van der Waals surface area contributed by atoms with Gasteiger partial charge in [0.05, 0.1) is 0 Å². The normalized spacial score (nSPS) is 12.4. The van der Waals surface area contributed by atoms with Crippen LogP contribution >= 0.6 is 0 Å². The molecule has 0 atom stereocenters. The molecule has 0 saturated carbocycles. The van der Waals surface area contributed by atoms with E-state index in [0.717, 1.165) is 17.1 Å². The standard InChI is InChI=1S/C53H41N/c1-53(2)49-29-16-15-28-47(49)48-35-34-46(37-50(48)53)54(44-25-13-6-14-26-44)45-27-17-24-43(36-45)38-30-32-42(33-31-38)52(41-22-11-5-12-23-41)51(39-18-7-3-8-19-39)40-20-9-4-10-21-40/h3-37H,1-2H3. The van der Waals surface area contributed by atoms with Crippen molar-refractivity contribution in [2.24, 2.45) is 0 Å². The van der Waals surface area contributed by atoms with Crippen molar-refractivity contribution < 1.29 is 0 Å². The van der Waals surface area contributed by atoms with Gasteiger partial charge in [-0.2, -0.15) is 0 Å². The Morgan fingerprint density at radius 2 is 0.796 bits per heavy atom. The molecule has 0 heterocycles. The molecule has 0 saturated heterocycles. The van der Waals surface area contributed by atoms with Gasteiger partial charge in [0, 0.05) is 22.5 Å². The van der Waals surface area contributed by atoms with E-state index in [1.807, 2.05) is 0 Å². The van der Waals surface area contributed by atoms with Crippen molar-refractivity contribution in [3.8, 4) is 22.3 Å². The summed E-state index contributed by atoms with van der Waals surface area (Å²) in [5.74, 6) is 0. The van der Waals surface area contributed by atoms with Crippen molar-refractivity contribution in [3.63, 3.8) is 0 Å². The third-order valence-electron chi connectivity index (χ3n) is 10.9. The Labute approximate surface area is 319 Å². The number of para-hydroxylation sites is 1. The Morgan fingerprint density at radius 3 is 1.39 bits per heavy atom. The lowest BCUT2D eigenvalue weighted by atomic mass is 9.82. The van der Waals surface area contributed by atoms with Crippen molar-refractivity contribution in [2.45, 2.75) is 19.3 Å². The monoisotopic (exact) mass is 691 g/mol. The van der Waals surface area contributed by atoms with Gasteiger partial charge in [0.2, 0.25) is 0 Å². The fraction of sp³-hybridized carbons (Fsp3) is 0.0566.